The average Bonchev–Trinajstić information content (AvgIpc) is 2.89. The second-order valence-electron chi connectivity index (χ2n) is 6.07. The fourth-order valence-corrected chi connectivity index (χ4v) is 3.59. The van der Waals surface area contributed by atoms with Gasteiger partial charge in [-0.3, -0.25) is 0 Å². The van der Waals surface area contributed by atoms with Gasteiger partial charge in [-0.05, 0) is 62.5 Å². The molecular formula is C17H24O2. The first-order valence-corrected chi connectivity index (χ1v) is 7.70. The van der Waals surface area contributed by atoms with Crippen LogP contribution in [-0.4, -0.2) is 17.8 Å². The molecule has 2 heteroatoms. The summed E-state index contributed by atoms with van der Waals surface area (Å²) in [6.07, 6.45) is 8.88. The lowest BCUT2D eigenvalue weighted by Crippen LogP contribution is -2.27. The molecule has 1 aliphatic heterocycles. The highest BCUT2D eigenvalue weighted by molar-refractivity contribution is 5.33. The SMILES string of the molecule is OC1(CCC2CCCO2)CCCCc2ccccc21. The number of benzene rings is 1. The highest BCUT2D eigenvalue weighted by Gasteiger charge is 2.33. The molecule has 2 aliphatic rings. The predicted octanol–water partition coefficient (Wildman–Crippen LogP) is 3.56. The summed E-state index contributed by atoms with van der Waals surface area (Å²) in [7, 11) is 0. The first-order chi connectivity index (χ1) is 9.28. The number of aryl methyl sites for hydroxylation is 1. The number of fused-ring (bicyclic) bond motifs is 1. The Morgan fingerprint density at radius 1 is 1.21 bits per heavy atom. The van der Waals surface area contributed by atoms with Crippen LogP contribution in [0.2, 0.25) is 0 Å². The maximum absolute atomic E-state index is 11.1. The smallest absolute Gasteiger partial charge is 0.0900 e. The predicted molar refractivity (Wildman–Crippen MR) is 76.1 cm³/mol. The molecule has 0 aromatic heterocycles. The molecular weight excluding hydrogens is 236 g/mol. The van der Waals surface area contributed by atoms with Crippen LogP contribution in [0.5, 0.6) is 0 Å². The van der Waals surface area contributed by atoms with Crippen LogP contribution in [0, 0.1) is 0 Å². The summed E-state index contributed by atoms with van der Waals surface area (Å²) < 4.78 is 5.70. The van der Waals surface area contributed by atoms with E-state index in [1.54, 1.807) is 0 Å². The van der Waals surface area contributed by atoms with E-state index >= 15 is 0 Å². The van der Waals surface area contributed by atoms with E-state index < -0.39 is 5.60 Å². The van der Waals surface area contributed by atoms with Gasteiger partial charge in [0.1, 0.15) is 0 Å². The van der Waals surface area contributed by atoms with Gasteiger partial charge < -0.3 is 9.84 Å². The molecule has 3 rings (SSSR count). The Hall–Kier alpha value is -0.860. The maximum Gasteiger partial charge on any atom is 0.0900 e. The normalized spacial score (nSPS) is 30.9. The lowest BCUT2D eigenvalue weighted by Gasteiger charge is -2.30. The Morgan fingerprint density at radius 2 is 2.11 bits per heavy atom. The molecule has 1 saturated heterocycles. The maximum atomic E-state index is 11.1. The molecule has 0 saturated carbocycles. The second kappa shape index (κ2) is 5.64. The quantitative estimate of drug-likeness (QED) is 0.842. The van der Waals surface area contributed by atoms with E-state index in [1.807, 2.05) is 0 Å². The van der Waals surface area contributed by atoms with Crippen molar-refractivity contribution in [2.75, 3.05) is 6.61 Å². The first kappa shape index (κ1) is 13.1. The number of hydrogen-bond donors (Lipinski definition) is 1. The molecule has 0 amide bonds. The third-order valence-electron chi connectivity index (χ3n) is 4.71. The van der Waals surface area contributed by atoms with Crippen molar-refractivity contribution >= 4 is 0 Å². The number of aliphatic hydroxyl groups is 1. The average molecular weight is 260 g/mol. The van der Waals surface area contributed by atoms with Crippen molar-refractivity contribution in [1.82, 2.24) is 0 Å². The third kappa shape index (κ3) is 2.85. The second-order valence-corrected chi connectivity index (χ2v) is 6.07. The van der Waals surface area contributed by atoms with Gasteiger partial charge in [0, 0.05) is 6.61 Å². The van der Waals surface area contributed by atoms with Crippen molar-refractivity contribution in [3.63, 3.8) is 0 Å². The van der Waals surface area contributed by atoms with E-state index in [0.717, 1.165) is 45.1 Å². The molecule has 0 spiro atoms. The van der Waals surface area contributed by atoms with Crippen LogP contribution in [0.25, 0.3) is 0 Å². The first-order valence-electron chi connectivity index (χ1n) is 7.70. The Morgan fingerprint density at radius 3 is 2.95 bits per heavy atom. The van der Waals surface area contributed by atoms with Gasteiger partial charge >= 0.3 is 0 Å². The van der Waals surface area contributed by atoms with E-state index in [9.17, 15) is 5.11 Å². The van der Waals surface area contributed by atoms with Crippen LogP contribution in [0.15, 0.2) is 24.3 Å². The molecule has 1 heterocycles. The van der Waals surface area contributed by atoms with Gasteiger partial charge in [0.2, 0.25) is 0 Å². The summed E-state index contributed by atoms with van der Waals surface area (Å²) in [5, 5.41) is 11.1. The van der Waals surface area contributed by atoms with Gasteiger partial charge in [-0.1, -0.05) is 24.3 Å². The van der Waals surface area contributed by atoms with Crippen LogP contribution < -0.4 is 0 Å². The minimum absolute atomic E-state index is 0.374. The molecule has 1 fully saturated rings. The summed E-state index contributed by atoms with van der Waals surface area (Å²) >= 11 is 0. The van der Waals surface area contributed by atoms with Gasteiger partial charge in [0.15, 0.2) is 0 Å². The third-order valence-corrected chi connectivity index (χ3v) is 4.71. The largest absolute Gasteiger partial charge is 0.385 e. The minimum atomic E-state index is -0.626. The van der Waals surface area contributed by atoms with E-state index in [2.05, 4.69) is 24.3 Å². The van der Waals surface area contributed by atoms with Gasteiger partial charge in [-0.25, -0.2) is 0 Å². The highest BCUT2D eigenvalue weighted by atomic mass is 16.5. The fourth-order valence-electron chi connectivity index (χ4n) is 3.59. The van der Waals surface area contributed by atoms with E-state index in [4.69, 9.17) is 4.74 Å². The van der Waals surface area contributed by atoms with Crippen molar-refractivity contribution in [2.24, 2.45) is 0 Å². The van der Waals surface area contributed by atoms with E-state index in [1.165, 1.54) is 24.0 Å². The lowest BCUT2D eigenvalue weighted by molar-refractivity contribution is -0.000996. The molecule has 1 N–H and O–H groups in total. The van der Waals surface area contributed by atoms with Gasteiger partial charge in [-0.15, -0.1) is 0 Å². The summed E-state index contributed by atoms with van der Waals surface area (Å²) in [4.78, 5) is 0. The molecule has 2 unspecified atom stereocenters. The Labute approximate surface area is 115 Å². The Bertz CT molecular complexity index is 423. The zero-order chi connectivity index (χ0) is 13.1. The van der Waals surface area contributed by atoms with Gasteiger partial charge in [-0.2, -0.15) is 0 Å². The zero-order valence-electron chi connectivity index (χ0n) is 11.6. The Kier molecular flexibility index (Phi) is 3.90. The van der Waals surface area contributed by atoms with Crippen molar-refractivity contribution < 1.29 is 9.84 Å². The zero-order valence-corrected chi connectivity index (χ0v) is 11.6. The summed E-state index contributed by atoms with van der Waals surface area (Å²) in [5.74, 6) is 0. The summed E-state index contributed by atoms with van der Waals surface area (Å²) in [6, 6.07) is 8.44. The monoisotopic (exact) mass is 260 g/mol. The van der Waals surface area contributed by atoms with Gasteiger partial charge in [0.25, 0.3) is 0 Å². The number of rotatable bonds is 3. The molecule has 0 radical (unpaired) electrons. The van der Waals surface area contributed by atoms with Crippen LogP contribution in [0.3, 0.4) is 0 Å². The van der Waals surface area contributed by atoms with Crippen molar-refractivity contribution in [2.45, 2.75) is 63.1 Å². The summed E-state index contributed by atoms with van der Waals surface area (Å²) in [6.45, 7) is 0.902. The highest BCUT2D eigenvalue weighted by Crippen LogP contribution is 2.38. The molecule has 19 heavy (non-hydrogen) atoms. The molecule has 2 atom stereocenters. The molecule has 104 valence electrons. The van der Waals surface area contributed by atoms with Crippen LogP contribution in [0.1, 0.15) is 56.1 Å². The topological polar surface area (TPSA) is 29.5 Å². The van der Waals surface area contributed by atoms with Crippen LogP contribution in [0.4, 0.5) is 0 Å². The number of ether oxygens (including phenoxy) is 1. The minimum Gasteiger partial charge on any atom is -0.385 e. The van der Waals surface area contributed by atoms with Gasteiger partial charge in [0.05, 0.1) is 11.7 Å². The molecule has 1 aromatic carbocycles. The fraction of sp³-hybridized carbons (Fsp3) is 0.647. The Balaban J connectivity index is 1.76. The van der Waals surface area contributed by atoms with E-state index in [0.29, 0.717) is 6.10 Å². The lowest BCUT2D eigenvalue weighted by atomic mass is 9.83. The molecule has 1 aromatic rings. The molecule has 2 nitrogen and oxygen atoms in total. The molecule has 1 aliphatic carbocycles. The van der Waals surface area contributed by atoms with E-state index in [-0.39, 0.29) is 0 Å². The van der Waals surface area contributed by atoms with Crippen molar-refractivity contribution in [1.29, 1.82) is 0 Å². The van der Waals surface area contributed by atoms with Crippen molar-refractivity contribution in [3.8, 4) is 0 Å². The molecule has 0 bridgehead atoms. The van der Waals surface area contributed by atoms with Crippen LogP contribution >= 0.6 is 0 Å². The van der Waals surface area contributed by atoms with Crippen LogP contribution in [-0.2, 0) is 16.8 Å². The standard InChI is InChI=1S/C17H24O2/c18-17(12-10-15-8-5-13-19-15)11-4-3-7-14-6-1-2-9-16(14)17/h1-2,6,9,15,18H,3-5,7-8,10-13H2. The number of hydrogen-bond acceptors (Lipinski definition) is 2. The van der Waals surface area contributed by atoms with Crippen molar-refractivity contribution in [3.05, 3.63) is 35.4 Å². The summed E-state index contributed by atoms with van der Waals surface area (Å²) in [5.41, 5.74) is 1.89.